The van der Waals surface area contributed by atoms with Crippen molar-refractivity contribution in [1.29, 1.82) is 5.26 Å². The van der Waals surface area contributed by atoms with Gasteiger partial charge in [-0.2, -0.15) is 5.26 Å². The van der Waals surface area contributed by atoms with Crippen molar-refractivity contribution in [2.75, 3.05) is 11.5 Å². The van der Waals surface area contributed by atoms with Crippen LogP contribution < -0.4 is 4.90 Å². The maximum Gasteiger partial charge on any atom is 0.338 e. The minimum atomic E-state index is -0.671. The van der Waals surface area contributed by atoms with E-state index < -0.39 is 11.2 Å². The Morgan fingerprint density at radius 2 is 1.89 bits per heavy atom. The third-order valence-corrected chi connectivity index (χ3v) is 7.93. The van der Waals surface area contributed by atoms with Gasteiger partial charge in [-0.25, -0.2) is 14.7 Å². The first-order valence-electron chi connectivity index (χ1n) is 12.3. The van der Waals surface area contributed by atoms with Gasteiger partial charge < -0.3 is 4.74 Å². The number of carbonyl (C=O) groups is 3. The highest BCUT2D eigenvalue weighted by molar-refractivity contribution is 8.00. The number of fused-ring (bicyclic) bond motifs is 1. The minimum Gasteiger partial charge on any atom is -0.462 e. The predicted molar refractivity (Wildman–Crippen MR) is 139 cm³/mol. The van der Waals surface area contributed by atoms with Crippen LogP contribution in [0.2, 0.25) is 0 Å². The zero-order valence-corrected chi connectivity index (χ0v) is 21.2. The van der Waals surface area contributed by atoms with E-state index in [9.17, 15) is 19.6 Å². The van der Waals surface area contributed by atoms with Crippen molar-refractivity contribution in [3.8, 4) is 6.07 Å². The number of nitriles is 1. The molecule has 2 amide bonds. The number of amides is 2. The molecule has 1 fully saturated rings. The van der Waals surface area contributed by atoms with Crippen molar-refractivity contribution >= 4 is 35.2 Å². The number of anilines is 1. The lowest BCUT2D eigenvalue weighted by Crippen LogP contribution is -2.31. The Morgan fingerprint density at radius 3 is 2.59 bits per heavy atom. The zero-order valence-electron chi connectivity index (χ0n) is 20.3. The largest absolute Gasteiger partial charge is 0.462 e. The van der Waals surface area contributed by atoms with Gasteiger partial charge in [0.05, 0.1) is 28.7 Å². The zero-order chi connectivity index (χ0) is 25.9. The molecule has 2 atom stereocenters. The standard InChI is InChI=1S/C29H25N3O4S/c1-2-36-29(35)19-8-11-23(12-9-19)32-26(33)16-25(28(32)34)37-27-22(17-30)15-21-14-20(10-13-24(21)31-27)18-6-4-3-5-7-18/h3-9,11-12,15,20,25H,2,10,13-14,16H2,1H3. The maximum absolute atomic E-state index is 13.2. The Balaban J connectivity index is 1.33. The first-order valence-corrected chi connectivity index (χ1v) is 13.1. The smallest absolute Gasteiger partial charge is 0.338 e. The Hall–Kier alpha value is -3.96. The quantitative estimate of drug-likeness (QED) is 0.345. The van der Waals surface area contributed by atoms with Crippen LogP contribution in [-0.4, -0.2) is 34.6 Å². The molecular formula is C29H25N3O4S. The fraction of sp³-hybridized carbons (Fsp3) is 0.276. The molecule has 37 heavy (non-hydrogen) atoms. The number of rotatable bonds is 6. The SMILES string of the molecule is CCOC(=O)c1ccc(N2C(=O)CC(Sc3nc4c(cc3C#N)CC(c3ccccc3)CC4)C2=O)cc1. The van der Waals surface area contributed by atoms with E-state index in [-0.39, 0.29) is 24.8 Å². The number of ether oxygens (including phenoxy) is 1. The summed E-state index contributed by atoms with van der Waals surface area (Å²) in [4.78, 5) is 43.8. The second-order valence-electron chi connectivity index (χ2n) is 9.05. The molecule has 1 saturated heterocycles. The first kappa shape index (κ1) is 24.7. The van der Waals surface area contributed by atoms with Gasteiger partial charge in [0.15, 0.2) is 0 Å². The number of carbonyl (C=O) groups excluding carboxylic acids is 3. The summed E-state index contributed by atoms with van der Waals surface area (Å²) in [6.07, 6.45) is 2.60. The summed E-state index contributed by atoms with van der Waals surface area (Å²) in [5.74, 6) is -0.752. The number of imide groups is 1. The summed E-state index contributed by atoms with van der Waals surface area (Å²) < 4.78 is 4.99. The summed E-state index contributed by atoms with van der Waals surface area (Å²) in [7, 11) is 0. The lowest BCUT2D eigenvalue weighted by molar-refractivity contribution is -0.121. The molecule has 0 bridgehead atoms. The molecule has 186 valence electrons. The van der Waals surface area contributed by atoms with Gasteiger partial charge in [0.2, 0.25) is 11.8 Å². The van der Waals surface area contributed by atoms with Gasteiger partial charge in [-0.05, 0) is 73.6 Å². The molecule has 8 heteroatoms. The third-order valence-electron chi connectivity index (χ3n) is 6.74. The van der Waals surface area contributed by atoms with Crippen molar-refractivity contribution < 1.29 is 19.1 Å². The molecule has 1 aliphatic heterocycles. The normalized spacial score (nSPS) is 18.9. The van der Waals surface area contributed by atoms with Crippen LogP contribution in [0.4, 0.5) is 5.69 Å². The number of pyridine rings is 1. The van der Waals surface area contributed by atoms with Gasteiger partial charge >= 0.3 is 5.97 Å². The minimum absolute atomic E-state index is 0.0167. The average molecular weight is 512 g/mol. The van der Waals surface area contributed by atoms with Crippen LogP contribution in [0.1, 0.15) is 58.4 Å². The summed E-state index contributed by atoms with van der Waals surface area (Å²) in [5, 5.41) is 9.65. The first-order chi connectivity index (χ1) is 18.0. The average Bonchev–Trinajstić information content (AvgIpc) is 3.20. The number of nitrogens with zero attached hydrogens (tertiary/aromatic N) is 3. The molecule has 5 rings (SSSR count). The number of hydrogen-bond donors (Lipinski definition) is 0. The molecule has 0 saturated carbocycles. The molecule has 2 aromatic carbocycles. The van der Waals surface area contributed by atoms with Crippen molar-refractivity contribution in [1.82, 2.24) is 4.98 Å². The topological polar surface area (TPSA) is 100 Å². The van der Waals surface area contributed by atoms with E-state index in [1.54, 1.807) is 19.1 Å². The van der Waals surface area contributed by atoms with Gasteiger partial charge in [-0.1, -0.05) is 42.1 Å². The number of esters is 1. The van der Waals surface area contributed by atoms with E-state index in [0.717, 1.165) is 35.4 Å². The highest BCUT2D eigenvalue weighted by atomic mass is 32.2. The Morgan fingerprint density at radius 1 is 1.14 bits per heavy atom. The van der Waals surface area contributed by atoms with Crippen LogP contribution in [0.5, 0.6) is 0 Å². The molecule has 1 aromatic heterocycles. The van der Waals surface area contributed by atoms with Crippen LogP contribution in [0.15, 0.2) is 65.7 Å². The van der Waals surface area contributed by atoms with Gasteiger partial charge in [0, 0.05) is 12.1 Å². The van der Waals surface area contributed by atoms with E-state index in [1.807, 2.05) is 24.3 Å². The highest BCUT2D eigenvalue weighted by Gasteiger charge is 2.41. The molecule has 2 aliphatic rings. The Bertz CT molecular complexity index is 1400. The van der Waals surface area contributed by atoms with Crippen molar-refractivity contribution in [2.45, 2.75) is 48.8 Å². The molecule has 2 heterocycles. The van der Waals surface area contributed by atoms with E-state index in [1.165, 1.54) is 29.5 Å². The second kappa shape index (κ2) is 10.6. The summed E-state index contributed by atoms with van der Waals surface area (Å²) in [6, 6.07) is 20.7. The predicted octanol–water partition coefficient (Wildman–Crippen LogP) is 4.83. The summed E-state index contributed by atoms with van der Waals surface area (Å²) in [5.41, 5.74) is 4.49. The van der Waals surface area contributed by atoms with Crippen LogP contribution in [0, 0.1) is 11.3 Å². The number of aryl methyl sites for hydroxylation is 1. The molecular weight excluding hydrogens is 486 g/mol. The molecule has 0 spiro atoms. The monoisotopic (exact) mass is 511 g/mol. The number of hydrogen-bond acceptors (Lipinski definition) is 7. The fourth-order valence-corrected chi connectivity index (χ4v) is 5.98. The summed E-state index contributed by atoms with van der Waals surface area (Å²) in [6.45, 7) is 1.99. The molecule has 7 nitrogen and oxygen atoms in total. The Labute approximate surface area is 219 Å². The Kier molecular flexibility index (Phi) is 7.06. The van der Waals surface area contributed by atoms with Crippen molar-refractivity contribution in [3.05, 3.63) is 88.6 Å². The second-order valence-corrected chi connectivity index (χ2v) is 10.2. The van der Waals surface area contributed by atoms with Crippen LogP contribution >= 0.6 is 11.8 Å². The highest BCUT2D eigenvalue weighted by Crippen LogP contribution is 2.38. The van der Waals surface area contributed by atoms with Gasteiger partial charge in [0.1, 0.15) is 11.1 Å². The molecule has 2 unspecified atom stereocenters. The number of thioether (sulfide) groups is 1. The van der Waals surface area contributed by atoms with Gasteiger partial charge in [0.25, 0.3) is 0 Å². The van der Waals surface area contributed by atoms with Crippen molar-refractivity contribution in [2.24, 2.45) is 0 Å². The molecule has 0 radical (unpaired) electrons. The lowest BCUT2D eigenvalue weighted by atomic mass is 9.82. The number of benzene rings is 2. The molecule has 1 aliphatic carbocycles. The van der Waals surface area contributed by atoms with Crippen LogP contribution in [0.25, 0.3) is 0 Å². The molecule has 3 aromatic rings. The number of aromatic nitrogens is 1. The lowest BCUT2D eigenvalue weighted by Gasteiger charge is -2.25. The van der Waals surface area contributed by atoms with E-state index in [2.05, 4.69) is 18.2 Å². The molecule has 0 N–H and O–H groups in total. The van der Waals surface area contributed by atoms with Gasteiger partial charge in [-0.15, -0.1) is 0 Å². The summed E-state index contributed by atoms with van der Waals surface area (Å²) >= 11 is 1.18. The van der Waals surface area contributed by atoms with Gasteiger partial charge in [-0.3, -0.25) is 9.59 Å². The van der Waals surface area contributed by atoms with E-state index >= 15 is 0 Å². The maximum atomic E-state index is 13.2. The van der Waals surface area contributed by atoms with Crippen LogP contribution in [0.3, 0.4) is 0 Å². The van der Waals surface area contributed by atoms with Crippen molar-refractivity contribution in [3.63, 3.8) is 0 Å². The fourth-order valence-electron chi connectivity index (χ4n) is 4.89. The third kappa shape index (κ3) is 5.00. The van der Waals surface area contributed by atoms with Crippen LogP contribution in [-0.2, 0) is 27.2 Å². The van der Waals surface area contributed by atoms with E-state index in [0.29, 0.717) is 27.8 Å². The van der Waals surface area contributed by atoms with E-state index in [4.69, 9.17) is 9.72 Å².